The highest BCUT2D eigenvalue weighted by Crippen LogP contribution is 2.27. The van der Waals surface area contributed by atoms with Gasteiger partial charge < -0.3 is 9.73 Å². The van der Waals surface area contributed by atoms with Gasteiger partial charge in [0.2, 0.25) is 5.91 Å². The van der Waals surface area contributed by atoms with Crippen LogP contribution >= 0.6 is 11.8 Å². The third kappa shape index (κ3) is 5.62. The zero-order valence-electron chi connectivity index (χ0n) is 19.4. The predicted octanol–water partition coefficient (Wildman–Crippen LogP) is 4.28. The van der Waals surface area contributed by atoms with Crippen LogP contribution in [0.5, 0.6) is 0 Å². The number of nitrogens with zero attached hydrogens (tertiary/aromatic N) is 4. The average molecular weight is 490 g/mol. The summed E-state index contributed by atoms with van der Waals surface area (Å²) in [6.07, 6.45) is 6.18. The SMILES string of the molecule is O=C(CSc1nnc(-c2nn(Cc3ccccc3)c(=O)c3ccccc23)o1)NCC1CCCCC1. The summed E-state index contributed by atoms with van der Waals surface area (Å²) >= 11 is 1.20. The Kier molecular flexibility index (Phi) is 7.23. The molecule has 1 saturated carbocycles. The maximum Gasteiger partial charge on any atom is 0.277 e. The van der Waals surface area contributed by atoms with Crippen LogP contribution in [0.4, 0.5) is 0 Å². The molecule has 1 amide bonds. The Labute approximate surface area is 207 Å². The lowest BCUT2D eigenvalue weighted by atomic mass is 9.89. The molecule has 1 aliphatic rings. The standard InChI is InChI=1S/C26H27N5O3S/c32-22(27-15-18-9-3-1-4-10-18)17-35-26-29-28-24(34-26)23-20-13-7-8-14-21(20)25(33)31(30-23)16-19-11-5-2-6-12-19/h2,5-8,11-14,18H,1,3-4,9-10,15-17H2,(H,27,32). The van der Waals surface area contributed by atoms with Crippen molar-refractivity contribution in [3.8, 4) is 11.6 Å². The van der Waals surface area contributed by atoms with E-state index in [1.54, 1.807) is 6.07 Å². The van der Waals surface area contributed by atoms with E-state index in [-0.39, 0.29) is 23.1 Å². The second kappa shape index (κ2) is 10.9. The van der Waals surface area contributed by atoms with Crippen molar-refractivity contribution in [1.82, 2.24) is 25.3 Å². The number of thioether (sulfide) groups is 1. The third-order valence-electron chi connectivity index (χ3n) is 6.29. The molecule has 0 atom stereocenters. The van der Waals surface area contributed by atoms with Gasteiger partial charge in [0, 0.05) is 11.9 Å². The Morgan fingerprint density at radius 3 is 2.54 bits per heavy atom. The van der Waals surface area contributed by atoms with Crippen LogP contribution < -0.4 is 10.9 Å². The molecule has 2 aromatic carbocycles. The molecule has 4 aromatic rings. The highest BCUT2D eigenvalue weighted by atomic mass is 32.2. The fourth-order valence-corrected chi connectivity index (χ4v) is 5.04. The number of amides is 1. The second-order valence-corrected chi connectivity index (χ2v) is 9.74. The van der Waals surface area contributed by atoms with Crippen LogP contribution in [0.1, 0.15) is 37.7 Å². The van der Waals surface area contributed by atoms with Crippen molar-refractivity contribution < 1.29 is 9.21 Å². The van der Waals surface area contributed by atoms with Gasteiger partial charge in [-0.2, -0.15) is 5.10 Å². The van der Waals surface area contributed by atoms with Crippen LogP contribution in [0.15, 0.2) is 69.0 Å². The smallest absolute Gasteiger partial charge is 0.277 e. The highest BCUT2D eigenvalue weighted by Gasteiger charge is 2.19. The van der Waals surface area contributed by atoms with Gasteiger partial charge >= 0.3 is 0 Å². The second-order valence-electron chi connectivity index (χ2n) is 8.81. The first-order valence-corrected chi connectivity index (χ1v) is 12.9. The van der Waals surface area contributed by atoms with E-state index < -0.39 is 0 Å². The Balaban J connectivity index is 1.32. The Bertz CT molecular complexity index is 1360. The summed E-state index contributed by atoms with van der Waals surface area (Å²) in [5.74, 6) is 0.961. The van der Waals surface area contributed by atoms with Crippen LogP contribution in [-0.4, -0.2) is 38.2 Å². The van der Waals surface area contributed by atoms with Gasteiger partial charge in [-0.3, -0.25) is 9.59 Å². The summed E-state index contributed by atoms with van der Waals surface area (Å²) in [6, 6.07) is 16.9. The largest absolute Gasteiger partial charge is 0.409 e. The first-order chi connectivity index (χ1) is 17.2. The zero-order chi connectivity index (χ0) is 24.0. The molecular weight excluding hydrogens is 462 g/mol. The summed E-state index contributed by atoms with van der Waals surface area (Å²) < 4.78 is 7.27. The Morgan fingerprint density at radius 2 is 1.74 bits per heavy atom. The van der Waals surface area contributed by atoms with Crippen molar-refractivity contribution in [2.24, 2.45) is 5.92 Å². The first kappa shape index (κ1) is 23.3. The number of carbonyl (C=O) groups is 1. The molecule has 0 saturated heterocycles. The van der Waals surface area contributed by atoms with Crippen LogP contribution in [0.25, 0.3) is 22.4 Å². The number of nitrogens with one attached hydrogen (secondary N) is 1. The molecule has 0 aliphatic heterocycles. The fourth-order valence-electron chi connectivity index (χ4n) is 4.45. The van der Waals surface area contributed by atoms with Crippen LogP contribution in [0.2, 0.25) is 0 Å². The van der Waals surface area contributed by atoms with Crippen molar-refractivity contribution in [1.29, 1.82) is 0 Å². The quantitative estimate of drug-likeness (QED) is 0.368. The van der Waals surface area contributed by atoms with E-state index >= 15 is 0 Å². The highest BCUT2D eigenvalue weighted by molar-refractivity contribution is 7.99. The van der Waals surface area contributed by atoms with Crippen LogP contribution in [0, 0.1) is 5.92 Å². The number of rotatable bonds is 8. The molecule has 0 spiro atoms. The van der Waals surface area contributed by atoms with Gasteiger partial charge in [0.15, 0.2) is 5.69 Å². The van der Waals surface area contributed by atoms with Crippen molar-refractivity contribution >= 4 is 28.4 Å². The summed E-state index contributed by atoms with van der Waals surface area (Å²) in [5, 5.41) is 17.3. The summed E-state index contributed by atoms with van der Waals surface area (Å²) in [6.45, 7) is 1.06. The van der Waals surface area contributed by atoms with E-state index in [9.17, 15) is 9.59 Å². The van der Waals surface area contributed by atoms with Gasteiger partial charge in [-0.05, 0) is 30.4 Å². The molecule has 8 nitrogen and oxygen atoms in total. The summed E-state index contributed by atoms with van der Waals surface area (Å²) in [4.78, 5) is 25.4. The van der Waals surface area contributed by atoms with Crippen molar-refractivity contribution in [3.05, 3.63) is 70.5 Å². The van der Waals surface area contributed by atoms with E-state index in [1.165, 1.54) is 48.5 Å². The maximum absolute atomic E-state index is 13.1. The minimum absolute atomic E-state index is 0.0414. The molecule has 1 N–H and O–H groups in total. The lowest BCUT2D eigenvalue weighted by molar-refractivity contribution is -0.118. The summed E-state index contributed by atoms with van der Waals surface area (Å²) in [7, 11) is 0. The molecule has 0 bridgehead atoms. The fraction of sp³-hybridized carbons (Fsp3) is 0.346. The van der Waals surface area contributed by atoms with Crippen molar-refractivity contribution in [2.75, 3.05) is 12.3 Å². The molecule has 35 heavy (non-hydrogen) atoms. The topological polar surface area (TPSA) is 103 Å². The molecule has 5 rings (SSSR count). The lowest BCUT2D eigenvalue weighted by Crippen LogP contribution is -2.31. The van der Waals surface area contributed by atoms with E-state index in [0.29, 0.717) is 34.2 Å². The number of aromatic nitrogens is 4. The van der Waals surface area contributed by atoms with Gasteiger partial charge in [0.1, 0.15) is 0 Å². The monoisotopic (exact) mass is 489 g/mol. The number of benzene rings is 2. The van der Waals surface area contributed by atoms with Gasteiger partial charge in [-0.25, -0.2) is 4.68 Å². The van der Waals surface area contributed by atoms with Crippen LogP contribution in [0.3, 0.4) is 0 Å². The van der Waals surface area contributed by atoms with Gasteiger partial charge in [-0.15, -0.1) is 10.2 Å². The third-order valence-corrected chi connectivity index (χ3v) is 7.11. The van der Waals surface area contributed by atoms with E-state index in [2.05, 4.69) is 20.6 Å². The van der Waals surface area contributed by atoms with E-state index in [4.69, 9.17) is 4.42 Å². The molecule has 2 aromatic heterocycles. The Hall–Kier alpha value is -3.46. The zero-order valence-corrected chi connectivity index (χ0v) is 20.2. The number of hydrogen-bond acceptors (Lipinski definition) is 7. The normalized spacial score (nSPS) is 14.3. The minimum atomic E-state index is -0.183. The maximum atomic E-state index is 13.1. The van der Waals surface area contributed by atoms with Gasteiger partial charge in [-0.1, -0.05) is 79.6 Å². The molecule has 0 radical (unpaired) electrons. The number of carbonyl (C=O) groups excluding carboxylic acids is 1. The van der Waals surface area contributed by atoms with E-state index in [1.807, 2.05) is 48.5 Å². The number of fused-ring (bicyclic) bond motifs is 1. The molecule has 180 valence electrons. The van der Waals surface area contributed by atoms with Gasteiger partial charge in [0.05, 0.1) is 17.7 Å². The molecule has 1 aliphatic carbocycles. The van der Waals surface area contributed by atoms with Gasteiger partial charge in [0.25, 0.3) is 16.7 Å². The molecular formula is C26H27N5O3S. The van der Waals surface area contributed by atoms with E-state index in [0.717, 1.165) is 12.1 Å². The lowest BCUT2D eigenvalue weighted by Gasteiger charge is -2.21. The predicted molar refractivity (Wildman–Crippen MR) is 135 cm³/mol. The number of hydrogen-bond donors (Lipinski definition) is 1. The average Bonchev–Trinajstić information content (AvgIpc) is 3.38. The first-order valence-electron chi connectivity index (χ1n) is 11.9. The molecule has 1 fully saturated rings. The summed E-state index contributed by atoms with van der Waals surface area (Å²) in [5.41, 5.74) is 1.22. The van der Waals surface area contributed by atoms with Crippen molar-refractivity contribution in [3.63, 3.8) is 0 Å². The Morgan fingerprint density at radius 1 is 1.00 bits per heavy atom. The van der Waals surface area contributed by atoms with Crippen LogP contribution in [-0.2, 0) is 11.3 Å². The van der Waals surface area contributed by atoms with Crippen molar-refractivity contribution in [2.45, 2.75) is 43.9 Å². The molecule has 2 heterocycles. The minimum Gasteiger partial charge on any atom is -0.409 e. The molecule has 0 unspecified atom stereocenters. The molecule has 9 heteroatoms.